The minimum atomic E-state index is -3.86. The number of esters is 1. The van der Waals surface area contributed by atoms with E-state index in [-0.39, 0.29) is 23.7 Å². The van der Waals surface area contributed by atoms with Crippen molar-refractivity contribution in [2.45, 2.75) is 18.2 Å². The summed E-state index contributed by atoms with van der Waals surface area (Å²) in [5.74, 6) is -1.58. The van der Waals surface area contributed by atoms with Crippen molar-refractivity contribution in [1.29, 1.82) is 0 Å². The molecule has 0 aliphatic heterocycles. The van der Waals surface area contributed by atoms with Gasteiger partial charge in [0.1, 0.15) is 17.1 Å². The molecule has 0 aliphatic carbocycles. The van der Waals surface area contributed by atoms with Gasteiger partial charge in [-0.1, -0.05) is 0 Å². The van der Waals surface area contributed by atoms with E-state index < -0.39 is 45.2 Å². The molecule has 1 aromatic heterocycles. The Bertz CT molecular complexity index is 1230. The largest absolute Gasteiger partial charge is 0.494 e. The molecule has 32 heavy (non-hydrogen) atoms. The number of hydrogen-bond acceptors (Lipinski definition) is 9. The van der Waals surface area contributed by atoms with Crippen LogP contribution in [0.15, 0.2) is 38.8 Å². The minimum Gasteiger partial charge on any atom is -0.494 e. The van der Waals surface area contributed by atoms with E-state index in [9.17, 15) is 27.6 Å². The predicted molar refractivity (Wildman–Crippen MR) is 114 cm³/mol. The standard InChI is InChI=1S/C19H24N4O8S/c1-4-30-12-5-7-13(8-6-12)32(28,29)21-10-9-15(25)31-11-14(24)16-17(20)22(2)19(27)23(3)18(16)26/h5-8,21H,4,9-11,20H2,1-3H3. The smallest absolute Gasteiger partial charge is 0.332 e. The Labute approximate surface area is 183 Å². The van der Waals surface area contributed by atoms with Crippen molar-refractivity contribution in [3.8, 4) is 5.75 Å². The summed E-state index contributed by atoms with van der Waals surface area (Å²) in [6.45, 7) is 1.18. The third kappa shape index (κ3) is 5.62. The Hall–Kier alpha value is -3.45. The fourth-order valence-corrected chi connectivity index (χ4v) is 3.70. The summed E-state index contributed by atoms with van der Waals surface area (Å²) in [5, 5.41) is 0. The monoisotopic (exact) mass is 468 g/mol. The molecular formula is C19H24N4O8S. The molecular weight excluding hydrogens is 444 g/mol. The zero-order valence-electron chi connectivity index (χ0n) is 17.8. The summed E-state index contributed by atoms with van der Waals surface area (Å²) >= 11 is 0. The number of Topliss-reactive ketones (excluding diaryl/α,β-unsaturated/α-hetero) is 1. The van der Waals surface area contributed by atoms with Gasteiger partial charge < -0.3 is 15.2 Å². The van der Waals surface area contributed by atoms with Crippen molar-refractivity contribution in [1.82, 2.24) is 13.9 Å². The number of sulfonamides is 1. The molecule has 1 aromatic carbocycles. The lowest BCUT2D eigenvalue weighted by atomic mass is 10.2. The van der Waals surface area contributed by atoms with Gasteiger partial charge in [-0.15, -0.1) is 0 Å². The first-order chi connectivity index (χ1) is 15.0. The maximum atomic E-state index is 12.3. The van der Waals surface area contributed by atoms with E-state index in [2.05, 4.69) is 4.72 Å². The highest BCUT2D eigenvalue weighted by Gasteiger charge is 2.21. The molecule has 0 saturated heterocycles. The van der Waals surface area contributed by atoms with Crippen LogP contribution in [0, 0.1) is 0 Å². The van der Waals surface area contributed by atoms with Crippen LogP contribution in [0.1, 0.15) is 23.7 Å². The molecule has 0 atom stereocenters. The Kier molecular flexibility index (Phi) is 7.94. The number of ketones is 1. The number of ether oxygens (including phenoxy) is 2. The molecule has 2 aromatic rings. The molecule has 174 valence electrons. The molecule has 0 fully saturated rings. The van der Waals surface area contributed by atoms with E-state index in [1.54, 1.807) is 6.92 Å². The summed E-state index contributed by atoms with van der Waals surface area (Å²) < 4.78 is 38.5. The first-order valence-electron chi connectivity index (χ1n) is 9.46. The Balaban J connectivity index is 1.92. The predicted octanol–water partition coefficient (Wildman–Crippen LogP) is -0.841. The third-order valence-electron chi connectivity index (χ3n) is 4.42. The molecule has 1 heterocycles. The van der Waals surface area contributed by atoms with Crippen molar-refractivity contribution in [2.75, 3.05) is 25.5 Å². The van der Waals surface area contributed by atoms with Crippen LogP contribution in [-0.2, 0) is 33.7 Å². The molecule has 0 unspecified atom stereocenters. The first-order valence-corrected chi connectivity index (χ1v) is 10.9. The molecule has 0 amide bonds. The van der Waals surface area contributed by atoms with Gasteiger partial charge in [0.2, 0.25) is 15.8 Å². The number of hydrogen-bond donors (Lipinski definition) is 2. The van der Waals surface area contributed by atoms with Gasteiger partial charge in [0.25, 0.3) is 5.56 Å². The van der Waals surface area contributed by atoms with Crippen molar-refractivity contribution in [2.24, 2.45) is 14.1 Å². The molecule has 0 aliphatic rings. The van der Waals surface area contributed by atoms with Gasteiger partial charge in [0.15, 0.2) is 6.61 Å². The second-order valence-electron chi connectivity index (χ2n) is 6.60. The average Bonchev–Trinajstić information content (AvgIpc) is 2.75. The van der Waals surface area contributed by atoms with Crippen molar-refractivity contribution in [3.63, 3.8) is 0 Å². The number of nitrogens with one attached hydrogen (secondary N) is 1. The summed E-state index contributed by atoms with van der Waals surface area (Å²) in [7, 11) is -1.39. The van der Waals surface area contributed by atoms with Crippen molar-refractivity contribution >= 4 is 27.6 Å². The summed E-state index contributed by atoms with van der Waals surface area (Å²) in [6, 6.07) is 5.74. The number of benzene rings is 1. The van der Waals surface area contributed by atoms with E-state index in [1.165, 1.54) is 38.4 Å². The van der Waals surface area contributed by atoms with Gasteiger partial charge in [-0.05, 0) is 31.2 Å². The number of anilines is 1. The normalized spacial score (nSPS) is 11.2. The highest BCUT2D eigenvalue weighted by Crippen LogP contribution is 2.15. The van der Waals surface area contributed by atoms with Crippen LogP contribution in [0.2, 0.25) is 0 Å². The second-order valence-corrected chi connectivity index (χ2v) is 8.37. The highest BCUT2D eigenvalue weighted by molar-refractivity contribution is 7.89. The number of carbonyl (C=O) groups excluding carboxylic acids is 2. The summed E-state index contributed by atoms with van der Waals surface area (Å²) in [6.07, 6.45) is -0.357. The number of nitrogens with zero attached hydrogens (tertiary/aromatic N) is 2. The second kappa shape index (κ2) is 10.2. The van der Waals surface area contributed by atoms with E-state index in [0.29, 0.717) is 16.9 Å². The molecule has 12 nitrogen and oxygen atoms in total. The number of nitrogen functional groups attached to an aromatic ring is 1. The summed E-state index contributed by atoms with van der Waals surface area (Å²) in [4.78, 5) is 48.1. The number of rotatable bonds is 10. The quantitative estimate of drug-likeness (QED) is 0.333. The van der Waals surface area contributed by atoms with Gasteiger partial charge >= 0.3 is 11.7 Å². The van der Waals surface area contributed by atoms with E-state index in [0.717, 1.165) is 4.57 Å². The topological polar surface area (TPSA) is 169 Å². The van der Waals surface area contributed by atoms with Crippen LogP contribution in [-0.4, -0.2) is 49.1 Å². The van der Waals surface area contributed by atoms with Crippen LogP contribution in [0.5, 0.6) is 5.75 Å². The maximum Gasteiger partial charge on any atom is 0.332 e. The van der Waals surface area contributed by atoms with E-state index in [1.807, 2.05) is 0 Å². The van der Waals surface area contributed by atoms with Gasteiger partial charge in [0.05, 0.1) is 17.9 Å². The third-order valence-corrected chi connectivity index (χ3v) is 5.90. The average molecular weight is 468 g/mol. The first kappa shape index (κ1) is 24.8. The van der Waals surface area contributed by atoms with E-state index >= 15 is 0 Å². The fraction of sp³-hybridized carbons (Fsp3) is 0.368. The summed E-state index contributed by atoms with van der Waals surface area (Å²) in [5.41, 5.74) is 3.58. The molecule has 0 radical (unpaired) electrons. The van der Waals surface area contributed by atoms with Crippen LogP contribution in [0.3, 0.4) is 0 Å². The van der Waals surface area contributed by atoms with Crippen molar-refractivity contribution < 1.29 is 27.5 Å². The van der Waals surface area contributed by atoms with E-state index in [4.69, 9.17) is 15.2 Å². The lowest BCUT2D eigenvalue weighted by Crippen LogP contribution is -2.42. The van der Waals surface area contributed by atoms with Crippen molar-refractivity contribution in [3.05, 3.63) is 50.7 Å². The van der Waals surface area contributed by atoms with Crippen LogP contribution >= 0.6 is 0 Å². The van der Waals surface area contributed by atoms with Crippen LogP contribution < -0.4 is 26.4 Å². The number of aromatic nitrogens is 2. The number of nitrogens with two attached hydrogens (primary N) is 1. The maximum absolute atomic E-state index is 12.3. The Morgan fingerprint density at radius 3 is 2.31 bits per heavy atom. The molecule has 0 spiro atoms. The Morgan fingerprint density at radius 2 is 1.72 bits per heavy atom. The van der Waals surface area contributed by atoms with Gasteiger partial charge in [0, 0.05) is 20.6 Å². The molecule has 3 N–H and O–H groups in total. The van der Waals surface area contributed by atoms with Gasteiger partial charge in [-0.3, -0.25) is 23.5 Å². The Morgan fingerprint density at radius 1 is 1.09 bits per heavy atom. The zero-order valence-corrected chi connectivity index (χ0v) is 18.6. The SMILES string of the molecule is CCOc1ccc(S(=O)(=O)NCCC(=O)OCC(=O)c2c(N)n(C)c(=O)n(C)c2=O)cc1. The lowest BCUT2D eigenvalue weighted by molar-refractivity contribution is -0.142. The zero-order chi connectivity index (χ0) is 24.1. The highest BCUT2D eigenvalue weighted by atomic mass is 32.2. The molecule has 0 saturated carbocycles. The molecule has 13 heteroatoms. The van der Waals surface area contributed by atoms with Crippen LogP contribution in [0.4, 0.5) is 5.82 Å². The molecule has 2 rings (SSSR count). The minimum absolute atomic E-state index is 0.00879. The van der Waals surface area contributed by atoms with Crippen LogP contribution in [0.25, 0.3) is 0 Å². The van der Waals surface area contributed by atoms with Gasteiger partial charge in [-0.25, -0.2) is 17.9 Å². The fourth-order valence-electron chi connectivity index (χ4n) is 2.66. The lowest BCUT2D eigenvalue weighted by Gasteiger charge is -2.11. The number of carbonyl (C=O) groups is 2. The molecule has 0 bridgehead atoms. The van der Waals surface area contributed by atoms with Gasteiger partial charge in [-0.2, -0.15) is 0 Å².